The zero-order valence-electron chi connectivity index (χ0n) is 24.5. The number of benzene rings is 6. The molecule has 0 bridgehead atoms. The molecule has 0 atom stereocenters. The Balaban J connectivity index is 1.09. The summed E-state index contributed by atoms with van der Waals surface area (Å²) in [6.07, 6.45) is 0. The Labute approximate surface area is 264 Å². The summed E-state index contributed by atoms with van der Waals surface area (Å²) in [6, 6.07) is 57.3. The van der Waals surface area contributed by atoms with Crippen LogP contribution < -0.4 is 15.4 Å². The van der Waals surface area contributed by atoms with E-state index in [9.17, 15) is 0 Å². The molecule has 7 aromatic rings. The van der Waals surface area contributed by atoms with Gasteiger partial charge in [0.2, 0.25) is 0 Å². The van der Waals surface area contributed by atoms with E-state index in [1.807, 2.05) is 91.0 Å². The van der Waals surface area contributed by atoms with E-state index in [2.05, 4.69) is 84.2 Å². The molecule has 0 saturated heterocycles. The first-order chi connectivity index (χ1) is 22.3. The molecule has 0 amide bonds. The molecule has 0 unspecified atom stereocenters. The second-order valence-electron chi connectivity index (χ2n) is 10.6. The van der Waals surface area contributed by atoms with E-state index in [1.54, 1.807) is 7.48 Å². The van der Waals surface area contributed by atoms with Crippen molar-refractivity contribution < 1.29 is 4.65 Å². The van der Waals surface area contributed by atoms with E-state index in [0.717, 1.165) is 50.7 Å². The zero-order valence-corrected chi connectivity index (χ0v) is 24.5. The Morgan fingerprint density at radius 1 is 0.444 bits per heavy atom. The summed E-state index contributed by atoms with van der Waals surface area (Å²) in [5.74, 6) is 1.42. The Morgan fingerprint density at radius 3 is 1.53 bits per heavy atom. The molecule has 1 N–H and O–H groups in total. The molecule has 1 radical (unpaired) electrons. The largest absolute Gasteiger partial charge is 0.556 e. The second-order valence-corrected chi connectivity index (χ2v) is 10.6. The van der Waals surface area contributed by atoms with Crippen LogP contribution in [0.2, 0.25) is 0 Å². The minimum absolute atomic E-state index is 0.679. The highest BCUT2D eigenvalue weighted by Crippen LogP contribution is 2.30. The van der Waals surface area contributed by atoms with E-state index in [1.165, 1.54) is 11.1 Å². The topological polar surface area (TPSA) is 47.0 Å². The first-order valence-corrected chi connectivity index (χ1v) is 14.9. The van der Waals surface area contributed by atoms with Crippen LogP contribution in [-0.2, 0) is 0 Å². The van der Waals surface area contributed by atoms with Crippen LogP contribution in [0.1, 0.15) is 0 Å². The van der Waals surface area contributed by atoms with Crippen molar-refractivity contribution >= 4 is 24.3 Å². The van der Waals surface area contributed by atoms with Gasteiger partial charge in [0.15, 0.2) is 5.82 Å². The minimum Gasteiger partial charge on any atom is -0.556 e. The number of nitrogens with one attached hydrogen (secondary N) is 1. The maximum Gasteiger partial charge on any atom is 0.408 e. The van der Waals surface area contributed by atoms with Gasteiger partial charge >= 0.3 is 7.48 Å². The third-order valence-corrected chi connectivity index (χ3v) is 7.51. The van der Waals surface area contributed by atoms with Gasteiger partial charge in [-0.2, -0.15) is 0 Å². The highest BCUT2D eigenvalue weighted by molar-refractivity contribution is 6.47. The van der Waals surface area contributed by atoms with Gasteiger partial charge in [0.05, 0.1) is 17.1 Å². The number of hydrogen-bond donors (Lipinski definition) is 1. The van der Waals surface area contributed by atoms with Gasteiger partial charge in [-0.25, -0.2) is 9.97 Å². The third-order valence-electron chi connectivity index (χ3n) is 7.51. The quantitative estimate of drug-likeness (QED) is 0.174. The Hall–Kier alpha value is -5.94. The van der Waals surface area contributed by atoms with Crippen molar-refractivity contribution in [3.05, 3.63) is 170 Å². The van der Waals surface area contributed by atoms with E-state index in [-0.39, 0.29) is 0 Å². The minimum atomic E-state index is 0.679. The van der Waals surface area contributed by atoms with E-state index in [0.29, 0.717) is 5.82 Å². The molecule has 45 heavy (non-hydrogen) atoms. The fourth-order valence-electron chi connectivity index (χ4n) is 5.14. The summed E-state index contributed by atoms with van der Waals surface area (Å²) < 4.78 is 6.14. The van der Waals surface area contributed by atoms with Crippen molar-refractivity contribution in [1.29, 1.82) is 0 Å². The number of anilines is 2. The van der Waals surface area contributed by atoms with Gasteiger partial charge in [-0.05, 0) is 59.1 Å². The fraction of sp³-hybridized carbons (Fsp3) is 0. The molecule has 4 nitrogen and oxygen atoms in total. The van der Waals surface area contributed by atoms with Crippen molar-refractivity contribution in [3.8, 4) is 50.8 Å². The van der Waals surface area contributed by atoms with Crippen LogP contribution in [0.3, 0.4) is 0 Å². The van der Waals surface area contributed by atoms with Crippen molar-refractivity contribution in [2.24, 2.45) is 0 Å². The Bertz CT molecular complexity index is 1940. The number of aromatic nitrogens is 2. The summed E-state index contributed by atoms with van der Waals surface area (Å²) in [6.45, 7) is 0. The van der Waals surface area contributed by atoms with Gasteiger partial charge in [0.1, 0.15) is 5.75 Å². The molecule has 213 valence electrons. The fourth-order valence-corrected chi connectivity index (χ4v) is 5.14. The highest BCUT2D eigenvalue weighted by atomic mass is 16.4. The standard InChI is InChI=1S/C40H29BN3O/c1-4-12-29(13-5-1)30-20-24-34(25-21-30)41-45-39-19-11-10-18-36(39)42-35-26-22-33(23-27-35)40-43-37(31-14-6-2-7-15-31)28-38(44-40)32-16-8-3-9-17-32/h1-28,42H. The Morgan fingerprint density at radius 2 is 0.933 bits per heavy atom. The van der Waals surface area contributed by atoms with Crippen LogP contribution in [0.15, 0.2) is 170 Å². The summed E-state index contributed by atoms with van der Waals surface area (Å²) in [7, 11) is 1.78. The van der Waals surface area contributed by atoms with Crippen LogP contribution in [0.4, 0.5) is 11.4 Å². The monoisotopic (exact) mass is 578 g/mol. The van der Waals surface area contributed by atoms with Crippen molar-refractivity contribution in [2.45, 2.75) is 0 Å². The molecule has 5 heteroatoms. The molecule has 0 aliphatic heterocycles. The van der Waals surface area contributed by atoms with Gasteiger partial charge in [-0.3, -0.25) is 0 Å². The summed E-state index contributed by atoms with van der Waals surface area (Å²) >= 11 is 0. The first kappa shape index (κ1) is 27.9. The third kappa shape index (κ3) is 6.68. The smallest absolute Gasteiger partial charge is 0.408 e. The Kier molecular flexibility index (Phi) is 8.14. The summed E-state index contributed by atoms with van der Waals surface area (Å²) in [5, 5.41) is 3.51. The van der Waals surface area contributed by atoms with Crippen LogP contribution in [0.25, 0.3) is 45.0 Å². The van der Waals surface area contributed by atoms with Crippen LogP contribution in [-0.4, -0.2) is 17.5 Å². The molecule has 1 heterocycles. The van der Waals surface area contributed by atoms with Crippen LogP contribution >= 0.6 is 0 Å². The lowest BCUT2D eigenvalue weighted by molar-refractivity contribution is 0.607. The molecular formula is C40H29BN3O. The van der Waals surface area contributed by atoms with Crippen LogP contribution in [0.5, 0.6) is 5.75 Å². The molecule has 0 aliphatic carbocycles. The second kappa shape index (κ2) is 13.1. The lowest BCUT2D eigenvalue weighted by Crippen LogP contribution is -2.20. The molecule has 0 spiro atoms. The van der Waals surface area contributed by atoms with E-state index < -0.39 is 0 Å². The van der Waals surface area contributed by atoms with Crippen LogP contribution in [0, 0.1) is 0 Å². The predicted molar refractivity (Wildman–Crippen MR) is 186 cm³/mol. The lowest BCUT2D eigenvalue weighted by Gasteiger charge is -2.14. The van der Waals surface area contributed by atoms with Crippen molar-refractivity contribution in [2.75, 3.05) is 5.32 Å². The number of nitrogens with zero attached hydrogens (tertiary/aromatic N) is 2. The van der Waals surface area contributed by atoms with Gasteiger partial charge in [-0.15, -0.1) is 0 Å². The molecule has 7 rings (SSSR count). The van der Waals surface area contributed by atoms with Gasteiger partial charge < -0.3 is 9.97 Å². The molecule has 0 fully saturated rings. The maximum atomic E-state index is 6.14. The normalized spacial score (nSPS) is 10.7. The summed E-state index contributed by atoms with van der Waals surface area (Å²) in [4.78, 5) is 9.89. The average Bonchev–Trinajstić information content (AvgIpc) is 3.13. The zero-order chi connectivity index (χ0) is 30.3. The number of hydrogen-bond acceptors (Lipinski definition) is 4. The number of para-hydroxylation sites is 2. The number of rotatable bonds is 9. The lowest BCUT2D eigenvalue weighted by atomic mass is 9.86. The van der Waals surface area contributed by atoms with Gasteiger partial charge in [0, 0.05) is 22.4 Å². The SMILES string of the molecule is [B](Oc1ccccc1Nc1ccc(-c2nc(-c3ccccc3)cc(-c3ccccc3)n2)cc1)c1ccc(-c2ccccc2)cc1. The molecule has 1 aromatic heterocycles. The van der Waals surface area contributed by atoms with Gasteiger partial charge in [-0.1, -0.05) is 127 Å². The average molecular weight is 579 g/mol. The first-order valence-electron chi connectivity index (χ1n) is 14.9. The van der Waals surface area contributed by atoms with Crippen molar-refractivity contribution in [3.63, 3.8) is 0 Å². The van der Waals surface area contributed by atoms with E-state index in [4.69, 9.17) is 14.6 Å². The molecule has 0 saturated carbocycles. The predicted octanol–water partition coefficient (Wildman–Crippen LogP) is 9.21. The van der Waals surface area contributed by atoms with Gasteiger partial charge in [0.25, 0.3) is 0 Å². The summed E-state index contributed by atoms with van der Waals surface area (Å²) in [5.41, 5.74) is 9.98. The van der Waals surface area contributed by atoms with Crippen molar-refractivity contribution in [1.82, 2.24) is 9.97 Å². The molecule has 6 aromatic carbocycles. The molecule has 0 aliphatic rings. The maximum absolute atomic E-state index is 6.14. The molecular weight excluding hydrogens is 549 g/mol. The highest BCUT2D eigenvalue weighted by Gasteiger charge is 2.11. The van der Waals surface area contributed by atoms with E-state index >= 15 is 0 Å².